The van der Waals surface area contributed by atoms with Crippen molar-refractivity contribution in [2.45, 2.75) is 37.9 Å². The third kappa shape index (κ3) is 1.96. The molecular formula is C7H11BF2. The van der Waals surface area contributed by atoms with E-state index in [1.807, 2.05) is 0 Å². The molecule has 1 saturated carbocycles. The van der Waals surface area contributed by atoms with Crippen molar-refractivity contribution in [1.82, 2.24) is 0 Å². The average molecular weight is 144 g/mol. The zero-order valence-electron chi connectivity index (χ0n) is 5.95. The van der Waals surface area contributed by atoms with Crippen molar-refractivity contribution in [3.05, 3.63) is 0 Å². The Bertz CT molecular complexity index is 104. The van der Waals surface area contributed by atoms with E-state index in [9.17, 15) is 8.78 Å². The average Bonchev–Trinajstić information content (AvgIpc) is 1.88. The van der Waals surface area contributed by atoms with Crippen molar-refractivity contribution in [3.8, 4) is 0 Å². The quantitative estimate of drug-likeness (QED) is 0.495. The Labute approximate surface area is 61.4 Å². The first-order valence-corrected chi connectivity index (χ1v) is 3.72. The molecule has 1 fully saturated rings. The molecule has 1 aliphatic rings. The van der Waals surface area contributed by atoms with E-state index >= 15 is 0 Å². The van der Waals surface area contributed by atoms with Crippen LogP contribution in [0.2, 0.25) is 6.32 Å². The van der Waals surface area contributed by atoms with Gasteiger partial charge in [-0.3, -0.25) is 0 Å². The molecular weight excluding hydrogens is 133 g/mol. The lowest BCUT2D eigenvalue weighted by molar-refractivity contribution is -0.0437. The SMILES string of the molecule is [B]CC1CCC(F)(F)CC1. The largest absolute Gasteiger partial charge is 0.248 e. The molecule has 1 aliphatic carbocycles. The Morgan fingerprint density at radius 1 is 1.30 bits per heavy atom. The summed E-state index contributed by atoms with van der Waals surface area (Å²) in [5, 5.41) is 0. The van der Waals surface area contributed by atoms with Gasteiger partial charge in [-0.15, -0.1) is 0 Å². The predicted octanol–water partition coefficient (Wildman–Crippen LogP) is 2.40. The van der Waals surface area contributed by atoms with Gasteiger partial charge in [0.2, 0.25) is 5.92 Å². The van der Waals surface area contributed by atoms with Crippen LogP contribution >= 0.6 is 0 Å². The van der Waals surface area contributed by atoms with Crippen molar-refractivity contribution in [3.63, 3.8) is 0 Å². The summed E-state index contributed by atoms with van der Waals surface area (Å²) in [6.45, 7) is 0. The number of alkyl halides is 2. The number of hydrogen-bond donors (Lipinski definition) is 0. The van der Waals surface area contributed by atoms with E-state index in [0.29, 0.717) is 25.1 Å². The van der Waals surface area contributed by atoms with Crippen molar-refractivity contribution in [2.75, 3.05) is 0 Å². The summed E-state index contributed by atoms with van der Waals surface area (Å²) in [4.78, 5) is 0. The third-order valence-corrected chi connectivity index (χ3v) is 2.17. The first kappa shape index (κ1) is 8.03. The van der Waals surface area contributed by atoms with Crippen LogP contribution in [0.1, 0.15) is 25.7 Å². The summed E-state index contributed by atoms with van der Waals surface area (Å²) >= 11 is 0. The summed E-state index contributed by atoms with van der Waals surface area (Å²) < 4.78 is 24.9. The molecule has 0 amide bonds. The van der Waals surface area contributed by atoms with Crippen LogP contribution in [0, 0.1) is 5.92 Å². The van der Waals surface area contributed by atoms with Crippen molar-refractivity contribution in [2.24, 2.45) is 5.92 Å². The molecule has 0 saturated heterocycles. The molecule has 1 rings (SSSR count). The molecule has 56 valence electrons. The summed E-state index contributed by atoms with van der Waals surface area (Å²) in [6, 6.07) is 0. The lowest BCUT2D eigenvalue weighted by Crippen LogP contribution is -2.24. The molecule has 0 aromatic rings. The molecule has 10 heavy (non-hydrogen) atoms. The highest BCUT2D eigenvalue weighted by molar-refractivity contribution is 6.08. The van der Waals surface area contributed by atoms with E-state index in [1.54, 1.807) is 0 Å². The number of hydrogen-bond acceptors (Lipinski definition) is 0. The van der Waals surface area contributed by atoms with Gasteiger partial charge in [0.1, 0.15) is 0 Å². The minimum atomic E-state index is -2.40. The monoisotopic (exact) mass is 144 g/mol. The maximum Gasteiger partial charge on any atom is 0.248 e. The predicted molar refractivity (Wildman–Crippen MR) is 37.5 cm³/mol. The van der Waals surface area contributed by atoms with Gasteiger partial charge < -0.3 is 0 Å². The van der Waals surface area contributed by atoms with Gasteiger partial charge in [0.25, 0.3) is 0 Å². The molecule has 0 spiro atoms. The molecule has 3 heteroatoms. The Balaban J connectivity index is 2.31. The molecule has 0 aromatic heterocycles. The standard InChI is InChI=1S/C7H11BF2/c8-5-6-1-3-7(9,10)4-2-6/h6H,1-5H2. The molecule has 0 aliphatic heterocycles. The zero-order chi connectivity index (χ0) is 7.61. The first-order chi connectivity index (χ1) is 4.64. The van der Waals surface area contributed by atoms with Crippen LogP contribution in [0.5, 0.6) is 0 Å². The second-order valence-electron chi connectivity index (χ2n) is 3.04. The van der Waals surface area contributed by atoms with E-state index < -0.39 is 5.92 Å². The summed E-state index contributed by atoms with van der Waals surface area (Å²) in [6.07, 6.45) is 1.84. The Morgan fingerprint density at radius 2 is 1.80 bits per heavy atom. The fraction of sp³-hybridized carbons (Fsp3) is 1.00. The molecule has 0 bridgehead atoms. The Kier molecular flexibility index (Phi) is 2.32. The molecule has 2 radical (unpaired) electrons. The van der Waals surface area contributed by atoms with Crippen molar-refractivity contribution >= 4 is 7.85 Å². The molecule has 0 unspecified atom stereocenters. The lowest BCUT2D eigenvalue weighted by atomic mass is 9.79. The van der Waals surface area contributed by atoms with E-state index in [-0.39, 0.29) is 12.8 Å². The van der Waals surface area contributed by atoms with Crippen LogP contribution in [0.25, 0.3) is 0 Å². The van der Waals surface area contributed by atoms with Gasteiger partial charge in [-0.2, -0.15) is 0 Å². The first-order valence-electron chi connectivity index (χ1n) is 3.72. The minimum absolute atomic E-state index is 0.0366. The summed E-state index contributed by atoms with van der Waals surface area (Å²) in [5.41, 5.74) is 0. The van der Waals surface area contributed by atoms with Crippen LogP contribution in [0.15, 0.2) is 0 Å². The minimum Gasteiger partial charge on any atom is -0.207 e. The summed E-state index contributed by atoms with van der Waals surface area (Å²) in [5.74, 6) is -2.05. The third-order valence-electron chi connectivity index (χ3n) is 2.17. The second kappa shape index (κ2) is 2.89. The second-order valence-corrected chi connectivity index (χ2v) is 3.04. The number of rotatable bonds is 1. The normalized spacial score (nSPS) is 26.6. The van der Waals surface area contributed by atoms with Gasteiger partial charge >= 0.3 is 0 Å². The lowest BCUT2D eigenvalue weighted by Gasteiger charge is -2.27. The van der Waals surface area contributed by atoms with E-state index in [0.717, 1.165) is 0 Å². The maximum absolute atomic E-state index is 12.5. The molecule has 0 nitrogen and oxygen atoms in total. The highest BCUT2D eigenvalue weighted by atomic mass is 19.3. The van der Waals surface area contributed by atoms with Crippen LogP contribution in [0.3, 0.4) is 0 Å². The molecule has 0 N–H and O–H groups in total. The van der Waals surface area contributed by atoms with Gasteiger partial charge in [0.15, 0.2) is 0 Å². The fourth-order valence-electron chi connectivity index (χ4n) is 1.34. The van der Waals surface area contributed by atoms with E-state index in [1.165, 1.54) is 0 Å². The highest BCUT2D eigenvalue weighted by Crippen LogP contribution is 2.36. The van der Waals surface area contributed by atoms with Gasteiger partial charge in [-0.1, -0.05) is 6.32 Å². The van der Waals surface area contributed by atoms with Gasteiger partial charge in [-0.25, -0.2) is 8.78 Å². The zero-order valence-corrected chi connectivity index (χ0v) is 5.95. The molecule has 0 atom stereocenters. The Morgan fingerprint density at radius 3 is 2.20 bits per heavy atom. The Hall–Kier alpha value is -0.0751. The summed E-state index contributed by atoms with van der Waals surface area (Å²) in [7, 11) is 5.35. The smallest absolute Gasteiger partial charge is 0.207 e. The topological polar surface area (TPSA) is 0 Å². The van der Waals surface area contributed by atoms with E-state index in [2.05, 4.69) is 0 Å². The van der Waals surface area contributed by atoms with Crippen LogP contribution in [-0.2, 0) is 0 Å². The highest BCUT2D eigenvalue weighted by Gasteiger charge is 2.33. The van der Waals surface area contributed by atoms with Crippen molar-refractivity contribution in [1.29, 1.82) is 0 Å². The van der Waals surface area contributed by atoms with Gasteiger partial charge in [0, 0.05) is 12.8 Å². The molecule has 0 aromatic carbocycles. The van der Waals surface area contributed by atoms with E-state index in [4.69, 9.17) is 7.85 Å². The molecule has 0 heterocycles. The van der Waals surface area contributed by atoms with Gasteiger partial charge in [-0.05, 0) is 18.8 Å². The van der Waals surface area contributed by atoms with Crippen LogP contribution < -0.4 is 0 Å². The van der Waals surface area contributed by atoms with Crippen molar-refractivity contribution < 1.29 is 8.78 Å². The van der Waals surface area contributed by atoms with Crippen LogP contribution in [-0.4, -0.2) is 13.8 Å². The van der Waals surface area contributed by atoms with Gasteiger partial charge in [0.05, 0.1) is 7.85 Å². The number of halogens is 2. The fourth-order valence-corrected chi connectivity index (χ4v) is 1.34. The maximum atomic E-state index is 12.5. The van der Waals surface area contributed by atoms with Crippen LogP contribution in [0.4, 0.5) is 8.78 Å².